The maximum Gasteiger partial charge on any atom is 0.261 e. The molecular formula is C23H22FN3O3S. The number of nitrogens with zero attached hydrogens (tertiary/aromatic N) is 2. The molecule has 6 nitrogen and oxygen atoms in total. The zero-order valence-corrected chi connectivity index (χ0v) is 17.8. The summed E-state index contributed by atoms with van der Waals surface area (Å²) in [4.78, 5) is 16.9. The van der Waals surface area contributed by atoms with Gasteiger partial charge in [-0.15, -0.1) is 0 Å². The van der Waals surface area contributed by atoms with Crippen LogP contribution in [0.25, 0.3) is 0 Å². The number of fused-ring (bicyclic) bond motifs is 1. The Balaban J connectivity index is 1.49. The van der Waals surface area contributed by atoms with Crippen LogP contribution in [-0.2, 0) is 16.6 Å². The van der Waals surface area contributed by atoms with Gasteiger partial charge in [0, 0.05) is 43.6 Å². The van der Waals surface area contributed by atoms with Gasteiger partial charge in [-0.2, -0.15) is 0 Å². The van der Waals surface area contributed by atoms with Crippen LogP contribution in [0.15, 0.2) is 77.7 Å². The molecule has 3 aromatic rings. The minimum atomic E-state index is -3.85. The molecular weight excluding hydrogens is 417 g/mol. The number of carbonyl (C=O) groups excluding carboxylic acids is 1. The van der Waals surface area contributed by atoms with E-state index in [1.807, 2.05) is 31.3 Å². The third kappa shape index (κ3) is 4.54. The van der Waals surface area contributed by atoms with E-state index in [0.717, 1.165) is 29.9 Å². The van der Waals surface area contributed by atoms with Crippen LogP contribution >= 0.6 is 0 Å². The quantitative estimate of drug-likeness (QED) is 0.673. The molecule has 1 aliphatic rings. The lowest BCUT2D eigenvalue weighted by Gasteiger charge is -2.21. The highest BCUT2D eigenvalue weighted by Crippen LogP contribution is 2.25. The fourth-order valence-electron chi connectivity index (χ4n) is 3.56. The number of halogens is 1. The Morgan fingerprint density at radius 2 is 1.61 bits per heavy atom. The van der Waals surface area contributed by atoms with Crippen LogP contribution in [0, 0.1) is 5.82 Å². The third-order valence-corrected chi connectivity index (χ3v) is 6.66. The Bertz CT molecular complexity index is 1200. The lowest BCUT2D eigenvalue weighted by atomic mass is 10.1. The number of likely N-dealkylation sites (N-methyl/N-ethyl adjacent to an activating group) is 1. The lowest BCUT2D eigenvalue weighted by Crippen LogP contribution is -2.34. The maximum absolute atomic E-state index is 13.1. The number of carbonyl (C=O) groups is 1. The summed E-state index contributed by atoms with van der Waals surface area (Å²) in [5.74, 6) is -0.623. The van der Waals surface area contributed by atoms with Crippen molar-refractivity contribution in [3.05, 3.63) is 89.7 Å². The standard InChI is InChI=1S/C23H22FN3O3S/c1-26-14-15-27(16-18-4-2-3-5-22(18)26)23(28)17-6-10-20(11-7-17)25-31(29,30)21-12-8-19(24)9-13-21/h2-13,25H,14-16H2,1H3. The topological polar surface area (TPSA) is 69.7 Å². The Morgan fingerprint density at radius 3 is 2.32 bits per heavy atom. The summed E-state index contributed by atoms with van der Waals surface area (Å²) in [5, 5.41) is 0. The highest BCUT2D eigenvalue weighted by molar-refractivity contribution is 7.92. The molecule has 31 heavy (non-hydrogen) atoms. The predicted molar refractivity (Wildman–Crippen MR) is 118 cm³/mol. The molecule has 8 heteroatoms. The van der Waals surface area contributed by atoms with Crippen LogP contribution in [0.2, 0.25) is 0 Å². The van der Waals surface area contributed by atoms with Crippen LogP contribution in [0.5, 0.6) is 0 Å². The molecule has 3 aromatic carbocycles. The van der Waals surface area contributed by atoms with E-state index in [-0.39, 0.29) is 10.8 Å². The number of nitrogens with one attached hydrogen (secondary N) is 1. The highest BCUT2D eigenvalue weighted by atomic mass is 32.2. The van der Waals surface area contributed by atoms with Gasteiger partial charge in [-0.05, 0) is 60.2 Å². The first kappa shape index (κ1) is 20.9. The molecule has 1 amide bonds. The molecule has 0 radical (unpaired) electrons. The van der Waals surface area contributed by atoms with E-state index >= 15 is 0 Å². The van der Waals surface area contributed by atoms with Gasteiger partial charge in [0.15, 0.2) is 0 Å². The molecule has 1 heterocycles. The summed E-state index contributed by atoms with van der Waals surface area (Å²) in [6, 6.07) is 18.9. The van der Waals surface area contributed by atoms with Gasteiger partial charge in [0.25, 0.3) is 15.9 Å². The second-order valence-corrected chi connectivity index (χ2v) is 9.10. The van der Waals surface area contributed by atoms with Crippen LogP contribution in [0.4, 0.5) is 15.8 Å². The summed E-state index contributed by atoms with van der Waals surface area (Å²) in [7, 11) is -1.84. The average Bonchev–Trinajstić information content (AvgIpc) is 2.93. The molecule has 0 aliphatic carbocycles. The Hall–Kier alpha value is -3.39. The van der Waals surface area contributed by atoms with E-state index in [1.165, 1.54) is 12.1 Å². The summed E-state index contributed by atoms with van der Waals surface area (Å²) < 4.78 is 40.4. The van der Waals surface area contributed by atoms with Gasteiger partial charge in [-0.25, -0.2) is 12.8 Å². The third-order valence-electron chi connectivity index (χ3n) is 5.26. The molecule has 0 spiro atoms. The first-order chi connectivity index (χ1) is 14.8. The number of hydrogen-bond acceptors (Lipinski definition) is 4. The van der Waals surface area contributed by atoms with Gasteiger partial charge in [0.1, 0.15) is 5.82 Å². The maximum atomic E-state index is 13.1. The second kappa shape index (κ2) is 8.39. The molecule has 0 aromatic heterocycles. The van der Waals surface area contributed by atoms with Gasteiger partial charge in [0.05, 0.1) is 4.90 Å². The van der Waals surface area contributed by atoms with E-state index in [0.29, 0.717) is 24.3 Å². The average molecular weight is 440 g/mol. The molecule has 0 bridgehead atoms. The minimum absolute atomic E-state index is 0.0404. The lowest BCUT2D eigenvalue weighted by molar-refractivity contribution is 0.0752. The Kier molecular flexibility index (Phi) is 5.65. The number of sulfonamides is 1. The molecule has 0 fully saturated rings. The molecule has 160 valence electrons. The molecule has 1 N–H and O–H groups in total. The summed E-state index contributed by atoms with van der Waals surface area (Å²) in [6.07, 6.45) is 0. The zero-order chi connectivity index (χ0) is 22.0. The predicted octanol–water partition coefficient (Wildman–Crippen LogP) is 3.72. The number of anilines is 2. The number of hydrogen-bond donors (Lipinski definition) is 1. The zero-order valence-electron chi connectivity index (χ0n) is 17.0. The SMILES string of the molecule is CN1CCN(C(=O)c2ccc(NS(=O)(=O)c3ccc(F)cc3)cc2)Cc2ccccc21. The highest BCUT2D eigenvalue weighted by Gasteiger charge is 2.22. The Labute approximate surface area is 181 Å². The van der Waals surface area contributed by atoms with Gasteiger partial charge < -0.3 is 9.80 Å². The van der Waals surface area contributed by atoms with Crippen LogP contribution < -0.4 is 9.62 Å². The van der Waals surface area contributed by atoms with Gasteiger partial charge in [0.2, 0.25) is 0 Å². The van der Waals surface area contributed by atoms with Gasteiger partial charge >= 0.3 is 0 Å². The second-order valence-electron chi connectivity index (χ2n) is 7.41. The van der Waals surface area contributed by atoms with Crippen molar-refractivity contribution in [3.63, 3.8) is 0 Å². The normalized spacial score (nSPS) is 14.0. The minimum Gasteiger partial charge on any atom is -0.373 e. The van der Waals surface area contributed by atoms with Crippen molar-refractivity contribution in [2.24, 2.45) is 0 Å². The van der Waals surface area contributed by atoms with Crippen molar-refractivity contribution in [1.29, 1.82) is 0 Å². The molecule has 4 rings (SSSR count). The Morgan fingerprint density at radius 1 is 0.935 bits per heavy atom. The summed E-state index contributed by atoms with van der Waals surface area (Å²) in [6.45, 7) is 1.82. The van der Waals surface area contributed by atoms with Crippen molar-refractivity contribution in [1.82, 2.24) is 4.90 Å². The molecule has 1 aliphatic heterocycles. The van der Waals surface area contributed by atoms with E-state index in [1.54, 1.807) is 29.2 Å². The molecule has 0 unspecified atom stereocenters. The van der Waals surface area contributed by atoms with E-state index in [4.69, 9.17) is 0 Å². The number of rotatable bonds is 4. The largest absolute Gasteiger partial charge is 0.373 e. The van der Waals surface area contributed by atoms with E-state index in [2.05, 4.69) is 9.62 Å². The molecule has 0 saturated heterocycles. The van der Waals surface area contributed by atoms with E-state index < -0.39 is 15.8 Å². The van der Waals surface area contributed by atoms with E-state index in [9.17, 15) is 17.6 Å². The van der Waals surface area contributed by atoms with Gasteiger partial charge in [-0.3, -0.25) is 9.52 Å². The molecule has 0 saturated carbocycles. The van der Waals surface area contributed by atoms with Crippen molar-refractivity contribution in [2.75, 3.05) is 29.8 Å². The fourth-order valence-corrected chi connectivity index (χ4v) is 4.62. The molecule has 0 atom stereocenters. The van der Waals surface area contributed by atoms with Crippen LogP contribution in [0.1, 0.15) is 15.9 Å². The number of para-hydroxylation sites is 1. The van der Waals surface area contributed by atoms with Crippen molar-refractivity contribution < 1.29 is 17.6 Å². The first-order valence-corrected chi connectivity index (χ1v) is 11.3. The summed E-state index contributed by atoms with van der Waals surface area (Å²) >= 11 is 0. The summed E-state index contributed by atoms with van der Waals surface area (Å²) in [5.41, 5.74) is 3.00. The van der Waals surface area contributed by atoms with Crippen LogP contribution in [-0.4, -0.2) is 39.4 Å². The van der Waals surface area contributed by atoms with Crippen molar-refractivity contribution in [3.8, 4) is 0 Å². The van der Waals surface area contributed by atoms with Crippen molar-refractivity contribution >= 4 is 27.3 Å². The van der Waals surface area contributed by atoms with Crippen LogP contribution in [0.3, 0.4) is 0 Å². The van der Waals surface area contributed by atoms with Gasteiger partial charge in [-0.1, -0.05) is 18.2 Å². The number of amides is 1. The smallest absolute Gasteiger partial charge is 0.261 e. The fraction of sp³-hybridized carbons (Fsp3) is 0.174. The van der Waals surface area contributed by atoms with Crippen molar-refractivity contribution in [2.45, 2.75) is 11.4 Å². The monoisotopic (exact) mass is 439 g/mol. The number of benzene rings is 3. The first-order valence-electron chi connectivity index (χ1n) is 9.80.